The predicted octanol–water partition coefficient (Wildman–Crippen LogP) is 2.00. The van der Waals surface area contributed by atoms with Crippen LogP contribution in [0.25, 0.3) is 32.2 Å². The van der Waals surface area contributed by atoms with Gasteiger partial charge in [-0.05, 0) is 23.8 Å². The summed E-state index contributed by atoms with van der Waals surface area (Å²) < 4.78 is 9.33. The van der Waals surface area contributed by atoms with Gasteiger partial charge >= 0.3 is 18.9 Å². The van der Waals surface area contributed by atoms with Crippen LogP contribution in [0.3, 0.4) is 0 Å². The van der Waals surface area contributed by atoms with Crippen LogP contribution in [0.5, 0.6) is 11.5 Å². The van der Waals surface area contributed by atoms with E-state index < -0.39 is 0 Å². The van der Waals surface area contributed by atoms with E-state index in [1.54, 1.807) is 12.1 Å². The molecule has 4 aromatic rings. The largest absolute Gasteiger partial charge is 1.00 e. The van der Waals surface area contributed by atoms with Gasteiger partial charge in [0.05, 0.1) is 5.56 Å². The number of rotatable bonds is 0. The number of hydrogen-bond donors (Lipinski definition) is 0. The summed E-state index contributed by atoms with van der Waals surface area (Å²) in [4.78, 5) is 0. The van der Waals surface area contributed by atoms with Gasteiger partial charge in [-0.15, -0.1) is 28.6 Å². The Morgan fingerprint density at radius 2 is 1.79 bits per heavy atom. The Kier molecular flexibility index (Phi) is 5.64. The van der Waals surface area contributed by atoms with Crippen LogP contribution in [0.2, 0.25) is 0 Å². The number of benzene rings is 3. The molecule has 1 aromatic heterocycles. The van der Waals surface area contributed by atoms with Crippen molar-refractivity contribution in [2.75, 3.05) is 6.54 Å². The zero-order chi connectivity index (χ0) is 18.9. The molecule has 2 aliphatic rings. The van der Waals surface area contributed by atoms with E-state index in [1.165, 1.54) is 20.8 Å². The van der Waals surface area contributed by atoms with Gasteiger partial charge in [0.1, 0.15) is 10.4 Å². The van der Waals surface area contributed by atoms with Crippen molar-refractivity contribution in [3.63, 3.8) is 0 Å². The van der Waals surface area contributed by atoms with Crippen LogP contribution in [0.4, 0.5) is 5.69 Å². The van der Waals surface area contributed by atoms with Gasteiger partial charge in [0, 0.05) is 6.07 Å². The van der Waals surface area contributed by atoms with Crippen molar-refractivity contribution in [2.24, 2.45) is 0 Å². The van der Waals surface area contributed by atoms with Crippen molar-refractivity contribution in [2.45, 2.75) is 6.73 Å². The molecule has 2 aliphatic heterocycles. The third-order valence-corrected chi connectivity index (χ3v) is 5.96. The third kappa shape index (κ3) is 3.65. The monoisotopic (exact) mass is 392 g/mol. The molecule has 0 saturated heterocycles. The summed E-state index contributed by atoms with van der Waals surface area (Å²) >= 11 is 1.83. The third-order valence-electron chi connectivity index (χ3n) is 4.76. The topological polar surface area (TPSA) is 50.3 Å². The zero-order valence-electron chi connectivity index (χ0n) is 16.0. The SMILES string of the molecule is [Li+].[O-]c1cccc2c1[N-]CC=C2.c1ccc2c(c1)OC[n+]1c-2sc2ccccc21. The van der Waals surface area contributed by atoms with Gasteiger partial charge in [0.15, 0.2) is 0 Å². The second-order valence-electron chi connectivity index (χ2n) is 6.51. The van der Waals surface area contributed by atoms with E-state index >= 15 is 0 Å². The normalized spacial score (nSPS) is 12.8. The van der Waals surface area contributed by atoms with Crippen molar-refractivity contribution in [1.29, 1.82) is 0 Å². The average Bonchev–Trinajstić information content (AvgIpc) is 3.14. The zero-order valence-corrected chi connectivity index (χ0v) is 16.9. The molecule has 6 rings (SSSR count). The molecular formula is C23H17LiN2O2S. The molecule has 0 N–H and O–H groups in total. The predicted molar refractivity (Wildman–Crippen MR) is 111 cm³/mol. The summed E-state index contributed by atoms with van der Waals surface area (Å²) in [5, 5.41) is 16.5. The van der Waals surface area contributed by atoms with Gasteiger partial charge in [0.2, 0.25) is 5.52 Å². The maximum atomic E-state index is 11.1. The molecule has 6 heteroatoms. The molecule has 0 amide bonds. The van der Waals surface area contributed by atoms with Gasteiger partial charge in [-0.1, -0.05) is 59.9 Å². The van der Waals surface area contributed by atoms with E-state index in [4.69, 9.17) is 4.74 Å². The fraction of sp³-hybridized carbons (Fsp3) is 0.0870. The first-order valence-corrected chi connectivity index (χ1v) is 9.90. The van der Waals surface area contributed by atoms with Crippen molar-refractivity contribution < 1.29 is 33.3 Å². The first-order chi connectivity index (χ1) is 13.8. The van der Waals surface area contributed by atoms with Gasteiger partial charge in [-0.3, -0.25) is 0 Å². The molecular weight excluding hydrogens is 375 g/mol. The van der Waals surface area contributed by atoms with E-state index in [0.29, 0.717) is 19.0 Å². The summed E-state index contributed by atoms with van der Waals surface area (Å²) in [6.07, 6.45) is 3.88. The summed E-state index contributed by atoms with van der Waals surface area (Å²) in [7, 11) is 0. The van der Waals surface area contributed by atoms with Crippen molar-refractivity contribution in [3.05, 3.63) is 83.7 Å². The number of hydrogen-bond acceptors (Lipinski definition) is 3. The number of nitrogens with zero attached hydrogens (tertiary/aromatic N) is 2. The molecule has 3 heterocycles. The van der Waals surface area contributed by atoms with Gasteiger partial charge in [0.25, 0.3) is 11.7 Å². The van der Waals surface area contributed by atoms with Crippen LogP contribution in [-0.4, -0.2) is 6.54 Å². The van der Waals surface area contributed by atoms with Crippen molar-refractivity contribution in [3.8, 4) is 22.1 Å². The van der Waals surface area contributed by atoms with Crippen LogP contribution in [0, 0.1) is 0 Å². The quantitative estimate of drug-likeness (QED) is 0.340. The Labute approximate surface area is 185 Å². The molecule has 4 nitrogen and oxygen atoms in total. The van der Waals surface area contributed by atoms with Crippen LogP contribution in [0.15, 0.2) is 72.8 Å². The molecule has 0 spiro atoms. The minimum Gasteiger partial charge on any atom is -0.873 e. The molecule has 0 atom stereocenters. The number of fused-ring (bicyclic) bond motifs is 6. The van der Waals surface area contributed by atoms with Crippen LogP contribution in [-0.2, 0) is 6.73 Å². The Bertz CT molecular complexity index is 1200. The molecule has 0 unspecified atom stereocenters. The average molecular weight is 392 g/mol. The summed E-state index contributed by atoms with van der Waals surface area (Å²) in [6.45, 7) is 1.24. The van der Waals surface area contributed by atoms with Gasteiger partial charge in [-0.2, -0.15) is 0 Å². The minimum atomic E-state index is 0. The molecule has 0 saturated carbocycles. The molecule has 0 aliphatic carbocycles. The number of ether oxygens (including phenoxy) is 1. The fourth-order valence-electron chi connectivity index (χ4n) is 3.43. The molecule has 0 bridgehead atoms. The first-order valence-electron chi connectivity index (χ1n) is 9.09. The van der Waals surface area contributed by atoms with Gasteiger partial charge < -0.3 is 15.2 Å². The summed E-state index contributed by atoms with van der Waals surface area (Å²) in [6, 6.07) is 21.9. The number of para-hydroxylation sites is 3. The van der Waals surface area contributed by atoms with Gasteiger partial charge in [-0.25, -0.2) is 0 Å². The van der Waals surface area contributed by atoms with E-state index in [9.17, 15) is 5.11 Å². The standard InChI is InChI=1S/C14H10NOS.C9H8NO.Li/c1-3-7-12-10(5-1)14-15(9-16-12)11-6-2-4-8-13(11)17-14;11-8-5-1-3-7-4-2-6-10-9(7)8;/h1-8H,9H2;1-5,11H,6H2;/q+1;-1;+1/p-1. The van der Waals surface area contributed by atoms with E-state index in [0.717, 1.165) is 11.3 Å². The maximum Gasteiger partial charge on any atom is 1.00 e. The Hall–Kier alpha value is -2.71. The Morgan fingerprint density at radius 1 is 0.966 bits per heavy atom. The van der Waals surface area contributed by atoms with Crippen LogP contribution in [0.1, 0.15) is 5.56 Å². The molecule has 0 fully saturated rings. The van der Waals surface area contributed by atoms with Crippen molar-refractivity contribution >= 4 is 33.3 Å². The van der Waals surface area contributed by atoms with E-state index in [1.807, 2.05) is 41.7 Å². The smallest absolute Gasteiger partial charge is 0.873 e. The van der Waals surface area contributed by atoms with Crippen LogP contribution < -0.4 is 33.3 Å². The minimum absolute atomic E-state index is 0. The van der Waals surface area contributed by atoms with Crippen molar-refractivity contribution in [1.82, 2.24) is 0 Å². The second kappa shape index (κ2) is 8.34. The summed E-state index contributed by atoms with van der Waals surface area (Å²) in [5.41, 5.74) is 3.99. The summed E-state index contributed by atoms with van der Waals surface area (Å²) in [5.74, 6) is 1.01. The fourth-order valence-corrected chi connectivity index (χ4v) is 4.61. The molecule has 0 radical (unpaired) electrons. The molecule has 29 heavy (non-hydrogen) atoms. The van der Waals surface area contributed by atoms with E-state index in [-0.39, 0.29) is 24.6 Å². The van der Waals surface area contributed by atoms with Crippen LogP contribution >= 0.6 is 11.3 Å². The number of thiazole rings is 1. The Balaban J connectivity index is 0.000000149. The molecule has 3 aromatic carbocycles. The second-order valence-corrected chi connectivity index (χ2v) is 7.54. The maximum absolute atomic E-state index is 11.1. The Morgan fingerprint density at radius 3 is 2.69 bits per heavy atom. The first kappa shape index (κ1) is 19.6. The van der Waals surface area contributed by atoms with E-state index in [2.05, 4.69) is 46.3 Å². The number of aromatic nitrogens is 1. The molecule has 138 valence electrons.